The summed E-state index contributed by atoms with van der Waals surface area (Å²) in [4.78, 5) is 10.0. The predicted octanol–water partition coefficient (Wildman–Crippen LogP) is 3.54. The van der Waals surface area contributed by atoms with Crippen molar-refractivity contribution in [2.45, 2.75) is 33.2 Å². The van der Waals surface area contributed by atoms with Gasteiger partial charge in [0.1, 0.15) is 28.3 Å². The lowest BCUT2D eigenvalue weighted by atomic mass is 10.1. The number of thiazole rings is 1. The molecule has 0 unspecified atom stereocenters. The monoisotopic (exact) mass is 568 g/mol. The maximum atomic E-state index is 13.2. The fourth-order valence-corrected chi connectivity index (χ4v) is 3.69. The van der Waals surface area contributed by atoms with Crippen LogP contribution >= 0.6 is 35.3 Å². The zero-order valence-electron chi connectivity index (χ0n) is 17.9. The average Bonchev–Trinajstić information content (AvgIpc) is 3.32. The minimum atomic E-state index is -0.343. The molecule has 11 heteroatoms. The van der Waals surface area contributed by atoms with Crippen LogP contribution < -0.4 is 16.4 Å². The Balaban J connectivity index is 0.00000363. The van der Waals surface area contributed by atoms with Crippen LogP contribution in [0.15, 0.2) is 35.5 Å². The number of aryl methyl sites for hydroxylation is 2. The van der Waals surface area contributed by atoms with Crippen LogP contribution in [0.3, 0.4) is 0 Å². The van der Waals surface area contributed by atoms with E-state index >= 15 is 0 Å². The lowest BCUT2D eigenvalue weighted by Crippen LogP contribution is -2.37. The molecule has 0 atom stereocenters. The molecule has 0 aliphatic rings. The number of nitrogens with two attached hydrogens (primary N) is 1. The number of hydrogen-bond donors (Lipinski definition) is 3. The highest BCUT2D eigenvalue weighted by atomic mass is 127. The molecule has 2 aromatic heterocycles. The topological polar surface area (TPSA) is 117 Å². The smallest absolute Gasteiger partial charge is 0.191 e. The molecular formula is C21H26FIN8S. The molecule has 0 aliphatic heterocycles. The van der Waals surface area contributed by atoms with E-state index in [1.54, 1.807) is 23.5 Å². The first-order valence-corrected chi connectivity index (χ1v) is 10.8. The largest absolute Gasteiger partial charge is 0.382 e. The van der Waals surface area contributed by atoms with Gasteiger partial charge in [0.2, 0.25) is 0 Å². The van der Waals surface area contributed by atoms with Gasteiger partial charge in [0, 0.05) is 24.2 Å². The third-order valence-corrected chi connectivity index (χ3v) is 5.34. The van der Waals surface area contributed by atoms with Gasteiger partial charge in [-0.3, -0.25) is 0 Å². The number of anilines is 1. The Hall–Kier alpha value is -2.72. The van der Waals surface area contributed by atoms with Crippen LogP contribution in [0.4, 0.5) is 10.2 Å². The van der Waals surface area contributed by atoms with Gasteiger partial charge in [-0.15, -0.1) is 35.3 Å². The van der Waals surface area contributed by atoms with Crippen molar-refractivity contribution in [1.82, 2.24) is 25.4 Å². The molecule has 2 heterocycles. The van der Waals surface area contributed by atoms with Crippen molar-refractivity contribution < 1.29 is 4.39 Å². The van der Waals surface area contributed by atoms with E-state index < -0.39 is 0 Å². The Kier molecular flexibility index (Phi) is 9.86. The van der Waals surface area contributed by atoms with E-state index in [1.165, 1.54) is 16.8 Å². The molecular weight excluding hydrogens is 542 g/mol. The van der Waals surface area contributed by atoms with Gasteiger partial charge in [-0.05, 0) is 51.0 Å². The second-order valence-electron chi connectivity index (χ2n) is 6.80. The number of nitrogens with zero attached hydrogens (tertiary/aromatic N) is 5. The molecule has 0 fully saturated rings. The molecule has 0 amide bonds. The number of nitrogens with one attached hydrogen (secondary N) is 2. The normalized spacial score (nSPS) is 11.0. The number of hydrogen-bond acceptors (Lipinski definition) is 6. The van der Waals surface area contributed by atoms with Gasteiger partial charge >= 0.3 is 0 Å². The summed E-state index contributed by atoms with van der Waals surface area (Å²) in [5.41, 5.74) is 7.69. The van der Waals surface area contributed by atoms with Crippen molar-refractivity contribution in [2.75, 3.05) is 18.8 Å². The molecule has 32 heavy (non-hydrogen) atoms. The summed E-state index contributed by atoms with van der Waals surface area (Å²) in [7, 11) is 0. The van der Waals surface area contributed by atoms with Crippen molar-refractivity contribution in [3.63, 3.8) is 0 Å². The summed E-state index contributed by atoms with van der Waals surface area (Å²) in [6.07, 6.45) is 3.15. The summed E-state index contributed by atoms with van der Waals surface area (Å²) in [5, 5.41) is 21.5. The number of guanidine groups is 1. The van der Waals surface area contributed by atoms with Gasteiger partial charge in [-0.25, -0.2) is 19.0 Å². The fourth-order valence-electron chi connectivity index (χ4n) is 2.98. The molecule has 0 saturated carbocycles. The van der Waals surface area contributed by atoms with E-state index in [-0.39, 0.29) is 35.6 Å². The second kappa shape index (κ2) is 12.4. The van der Waals surface area contributed by atoms with E-state index in [1.807, 2.05) is 20.0 Å². The Labute approximate surface area is 207 Å². The van der Waals surface area contributed by atoms with E-state index in [2.05, 4.69) is 31.8 Å². The molecule has 3 aromatic rings. The summed E-state index contributed by atoms with van der Waals surface area (Å²) in [6, 6.07) is 7.95. The quantitative estimate of drug-likeness (QED) is 0.166. The van der Waals surface area contributed by atoms with Crippen molar-refractivity contribution >= 4 is 47.1 Å². The number of aromatic nitrogens is 3. The van der Waals surface area contributed by atoms with Gasteiger partial charge in [0.05, 0.1) is 17.9 Å². The molecule has 0 aliphatic carbocycles. The van der Waals surface area contributed by atoms with Gasteiger partial charge in [-0.2, -0.15) is 10.4 Å². The van der Waals surface area contributed by atoms with Crippen LogP contribution in [0.1, 0.15) is 34.5 Å². The second-order valence-corrected chi connectivity index (χ2v) is 8.12. The highest BCUT2D eigenvalue weighted by molar-refractivity contribution is 14.0. The summed E-state index contributed by atoms with van der Waals surface area (Å²) in [5.74, 6) is 0.627. The van der Waals surface area contributed by atoms with E-state index in [0.29, 0.717) is 42.4 Å². The average molecular weight is 568 g/mol. The molecule has 0 bridgehead atoms. The standard InChI is InChI=1S/C21H25FN8S.HI/c1-3-25-21(28-13-19-27-12-14(2)31-19)26-10-4-5-18-17(11-23)20(24)30(29-18)16-8-6-15(22)7-9-16;/h6-9,12H,3-5,10,13,24H2,1-2H3,(H2,25,26,28);1H. The van der Waals surface area contributed by atoms with Gasteiger partial charge < -0.3 is 16.4 Å². The molecule has 0 spiro atoms. The van der Waals surface area contributed by atoms with E-state index in [0.717, 1.165) is 22.9 Å². The Morgan fingerprint density at radius 2 is 2.06 bits per heavy atom. The Bertz CT molecular complexity index is 1080. The Morgan fingerprint density at radius 1 is 1.31 bits per heavy atom. The predicted molar refractivity (Wildman–Crippen MR) is 136 cm³/mol. The maximum Gasteiger partial charge on any atom is 0.191 e. The van der Waals surface area contributed by atoms with Crippen LogP contribution in [-0.2, 0) is 13.0 Å². The van der Waals surface area contributed by atoms with Crippen LogP contribution in [0.25, 0.3) is 5.69 Å². The molecule has 8 nitrogen and oxygen atoms in total. The van der Waals surface area contributed by atoms with Crippen LogP contribution in [0, 0.1) is 24.1 Å². The fraction of sp³-hybridized carbons (Fsp3) is 0.333. The first-order valence-electron chi connectivity index (χ1n) is 9.98. The number of benzene rings is 1. The molecule has 1 aromatic carbocycles. The molecule has 0 radical (unpaired) electrons. The van der Waals surface area contributed by atoms with E-state index in [4.69, 9.17) is 5.73 Å². The summed E-state index contributed by atoms with van der Waals surface area (Å²) >= 11 is 1.63. The molecule has 0 saturated heterocycles. The number of halogens is 2. The van der Waals surface area contributed by atoms with E-state index in [9.17, 15) is 9.65 Å². The first kappa shape index (κ1) is 25.5. The molecule has 3 rings (SSSR count). The third-order valence-electron chi connectivity index (χ3n) is 4.45. The third kappa shape index (κ3) is 6.64. The summed E-state index contributed by atoms with van der Waals surface area (Å²) in [6.45, 7) is 5.95. The van der Waals surface area contributed by atoms with Crippen LogP contribution in [0.2, 0.25) is 0 Å². The molecule has 170 valence electrons. The van der Waals surface area contributed by atoms with Crippen molar-refractivity contribution in [1.29, 1.82) is 5.26 Å². The van der Waals surface area contributed by atoms with Crippen molar-refractivity contribution in [3.05, 3.63) is 57.4 Å². The first-order chi connectivity index (χ1) is 15.0. The van der Waals surface area contributed by atoms with Crippen molar-refractivity contribution in [2.24, 2.45) is 4.99 Å². The minimum absolute atomic E-state index is 0. The molecule has 4 N–H and O–H groups in total. The number of nitrogen functional groups attached to an aromatic ring is 1. The van der Waals surface area contributed by atoms with Gasteiger partial charge in [0.25, 0.3) is 0 Å². The highest BCUT2D eigenvalue weighted by Gasteiger charge is 2.16. The SMILES string of the molecule is CCNC(=NCc1ncc(C)s1)NCCCc1nn(-c2ccc(F)cc2)c(N)c1C#N.I. The number of rotatable bonds is 8. The lowest BCUT2D eigenvalue weighted by molar-refractivity contribution is 0.627. The summed E-state index contributed by atoms with van der Waals surface area (Å²) < 4.78 is 14.7. The van der Waals surface area contributed by atoms with Crippen LogP contribution in [-0.4, -0.2) is 33.8 Å². The van der Waals surface area contributed by atoms with Crippen molar-refractivity contribution in [3.8, 4) is 11.8 Å². The minimum Gasteiger partial charge on any atom is -0.382 e. The number of nitriles is 1. The Morgan fingerprint density at radius 3 is 2.69 bits per heavy atom. The lowest BCUT2D eigenvalue weighted by Gasteiger charge is -2.10. The zero-order chi connectivity index (χ0) is 22.2. The highest BCUT2D eigenvalue weighted by Crippen LogP contribution is 2.21. The van der Waals surface area contributed by atoms with Gasteiger partial charge in [0.15, 0.2) is 5.96 Å². The van der Waals surface area contributed by atoms with Crippen LogP contribution in [0.5, 0.6) is 0 Å². The zero-order valence-corrected chi connectivity index (χ0v) is 21.1. The maximum absolute atomic E-state index is 13.2. The number of aliphatic imine (C=N–C) groups is 1. The van der Waals surface area contributed by atoms with Gasteiger partial charge in [-0.1, -0.05) is 0 Å².